The van der Waals surface area contributed by atoms with Crippen molar-refractivity contribution in [3.8, 4) is 0 Å². The highest BCUT2D eigenvalue weighted by Gasteiger charge is 2.15. The Kier molecular flexibility index (Phi) is 5.16. The van der Waals surface area contributed by atoms with E-state index in [1.807, 2.05) is 18.3 Å². The van der Waals surface area contributed by atoms with Crippen LogP contribution in [0.3, 0.4) is 0 Å². The topological polar surface area (TPSA) is 73.0 Å². The summed E-state index contributed by atoms with van der Waals surface area (Å²) in [7, 11) is 2.18. The minimum Gasteiger partial charge on any atom is -0.369 e. The van der Waals surface area contributed by atoms with Gasteiger partial charge in [0.2, 0.25) is 0 Å². The first-order chi connectivity index (χ1) is 16.2. The van der Waals surface area contributed by atoms with Crippen molar-refractivity contribution in [3.63, 3.8) is 0 Å². The summed E-state index contributed by atoms with van der Waals surface area (Å²) in [6.45, 7) is 4.37. The monoisotopic (exact) mass is 455 g/mol. The Morgan fingerprint density at radius 3 is 2.70 bits per heavy atom. The van der Waals surface area contributed by atoms with Crippen LogP contribution in [0.1, 0.15) is 11.4 Å². The molecule has 2 N–H and O–H groups in total. The Labute approximate surface area is 196 Å². The van der Waals surface area contributed by atoms with Gasteiger partial charge in [-0.15, -0.1) is 11.3 Å². The van der Waals surface area contributed by atoms with Gasteiger partial charge >= 0.3 is 0 Å². The number of piperazine rings is 1. The van der Waals surface area contributed by atoms with E-state index in [4.69, 9.17) is 9.97 Å². The molecular weight excluding hydrogens is 430 g/mol. The standard InChI is InChI=1S/C25H25N7S/c1-31-9-11-32(12-10-31)20-5-2-17(3-6-20)14-23-28-22-8-13-33-24(22)25(29-23)27-19-4-7-21-18(15-19)16-26-30-21/h2-8,13,15-16H,9-12,14H2,1H3,(H,26,30)(H,27,28,29). The fourth-order valence-electron chi connectivity index (χ4n) is 4.30. The van der Waals surface area contributed by atoms with Gasteiger partial charge in [0.1, 0.15) is 5.82 Å². The molecule has 1 aliphatic rings. The van der Waals surface area contributed by atoms with Crippen LogP contribution in [-0.4, -0.2) is 58.3 Å². The smallest absolute Gasteiger partial charge is 0.152 e. The molecule has 0 spiro atoms. The molecule has 0 radical (unpaired) electrons. The number of aromatic amines is 1. The van der Waals surface area contributed by atoms with Gasteiger partial charge in [-0.05, 0) is 54.4 Å². The van der Waals surface area contributed by atoms with Crippen LogP contribution in [0.15, 0.2) is 60.1 Å². The molecule has 5 aromatic rings. The number of nitrogens with zero attached hydrogens (tertiary/aromatic N) is 5. The van der Waals surface area contributed by atoms with Gasteiger partial charge < -0.3 is 15.1 Å². The average Bonchev–Trinajstić information content (AvgIpc) is 3.49. The van der Waals surface area contributed by atoms with E-state index in [0.29, 0.717) is 6.42 Å². The summed E-state index contributed by atoms with van der Waals surface area (Å²) >= 11 is 1.66. The summed E-state index contributed by atoms with van der Waals surface area (Å²) in [4.78, 5) is 14.6. The lowest BCUT2D eigenvalue weighted by molar-refractivity contribution is 0.313. The van der Waals surface area contributed by atoms with Gasteiger partial charge in [0, 0.05) is 49.4 Å². The summed E-state index contributed by atoms with van der Waals surface area (Å²) in [6.07, 6.45) is 2.53. The van der Waals surface area contributed by atoms with Gasteiger partial charge in [-0.25, -0.2) is 9.97 Å². The Morgan fingerprint density at radius 1 is 1.00 bits per heavy atom. The molecule has 33 heavy (non-hydrogen) atoms. The molecule has 1 fully saturated rings. The molecule has 2 aromatic carbocycles. The van der Waals surface area contributed by atoms with E-state index < -0.39 is 0 Å². The van der Waals surface area contributed by atoms with Crippen LogP contribution < -0.4 is 10.2 Å². The number of likely N-dealkylation sites (N-methyl/N-ethyl adjacent to an activating group) is 1. The maximum absolute atomic E-state index is 4.90. The number of H-pyrrole nitrogens is 1. The van der Waals surface area contributed by atoms with Gasteiger partial charge in [0.25, 0.3) is 0 Å². The third kappa shape index (κ3) is 4.15. The molecule has 6 rings (SSSR count). The fourth-order valence-corrected chi connectivity index (χ4v) is 5.08. The summed E-state index contributed by atoms with van der Waals surface area (Å²) < 4.78 is 1.07. The van der Waals surface area contributed by atoms with Crippen molar-refractivity contribution in [2.24, 2.45) is 0 Å². The van der Waals surface area contributed by atoms with Crippen LogP contribution in [0.25, 0.3) is 21.1 Å². The largest absolute Gasteiger partial charge is 0.369 e. The highest BCUT2D eigenvalue weighted by Crippen LogP contribution is 2.30. The Balaban J connectivity index is 1.24. The molecule has 4 heterocycles. The maximum Gasteiger partial charge on any atom is 0.152 e. The van der Waals surface area contributed by atoms with E-state index in [1.54, 1.807) is 11.3 Å². The Hall–Kier alpha value is -3.49. The van der Waals surface area contributed by atoms with Crippen molar-refractivity contribution in [2.75, 3.05) is 43.4 Å². The number of fused-ring (bicyclic) bond motifs is 2. The molecule has 0 amide bonds. The van der Waals surface area contributed by atoms with E-state index >= 15 is 0 Å². The summed E-state index contributed by atoms with van der Waals surface area (Å²) in [6, 6.07) is 17.1. The molecule has 0 atom stereocenters. The van der Waals surface area contributed by atoms with E-state index in [2.05, 4.69) is 74.1 Å². The number of rotatable bonds is 5. The Bertz CT molecular complexity index is 1400. The molecule has 166 valence electrons. The van der Waals surface area contributed by atoms with Crippen LogP contribution in [0.2, 0.25) is 0 Å². The van der Waals surface area contributed by atoms with Gasteiger partial charge in [0.05, 0.1) is 21.9 Å². The van der Waals surface area contributed by atoms with Crippen LogP contribution in [0.4, 0.5) is 17.2 Å². The predicted molar refractivity (Wildman–Crippen MR) is 136 cm³/mol. The molecule has 0 saturated carbocycles. The molecule has 1 saturated heterocycles. The maximum atomic E-state index is 4.90. The Morgan fingerprint density at radius 2 is 1.85 bits per heavy atom. The lowest BCUT2D eigenvalue weighted by atomic mass is 10.1. The highest BCUT2D eigenvalue weighted by molar-refractivity contribution is 7.17. The van der Waals surface area contributed by atoms with Gasteiger partial charge in [0.15, 0.2) is 5.82 Å². The summed E-state index contributed by atoms with van der Waals surface area (Å²) in [5, 5.41) is 13.7. The third-order valence-electron chi connectivity index (χ3n) is 6.22. The van der Waals surface area contributed by atoms with Crippen molar-refractivity contribution in [1.82, 2.24) is 25.1 Å². The minimum atomic E-state index is 0.699. The van der Waals surface area contributed by atoms with Crippen molar-refractivity contribution in [3.05, 3.63) is 71.5 Å². The van der Waals surface area contributed by atoms with Gasteiger partial charge in [-0.3, -0.25) is 5.10 Å². The van der Waals surface area contributed by atoms with Gasteiger partial charge in [-0.1, -0.05) is 12.1 Å². The molecule has 8 heteroatoms. The predicted octanol–water partition coefficient (Wildman–Crippen LogP) is 4.65. The van der Waals surface area contributed by atoms with Crippen molar-refractivity contribution >= 4 is 49.6 Å². The number of hydrogen-bond acceptors (Lipinski definition) is 7. The quantitative estimate of drug-likeness (QED) is 0.402. The lowest BCUT2D eigenvalue weighted by Crippen LogP contribution is -2.44. The molecular formula is C25H25N7S. The average molecular weight is 456 g/mol. The van der Waals surface area contributed by atoms with E-state index in [9.17, 15) is 0 Å². The SMILES string of the molecule is CN1CCN(c2ccc(Cc3nc(Nc4ccc5[nH]ncc5c4)c4sccc4n3)cc2)CC1. The second kappa shape index (κ2) is 8.46. The summed E-state index contributed by atoms with van der Waals surface area (Å²) in [5.41, 5.74) is 5.49. The van der Waals surface area contributed by atoms with Gasteiger partial charge in [-0.2, -0.15) is 5.10 Å². The minimum absolute atomic E-state index is 0.699. The van der Waals surface area contributed by atoms with Crippen molar-refractivity contribution < 1.29 is 0 Å². The molecule has 0 aliphatic carbocycles. The first-order valence-corrected chi connectivity index (χ1v) is 12.1. The van der Waals surface area contributed by atoms with Crippen molar-refractivity contribution in [2.45, 2.75) is 6.42 Å². The highest BCUT2D eigenvalue weighted by atomic mass is 32.1. The number of aromatic nitrogens is 4. The number of anilines is 3. The third-order valence-corrected chi connectivity index (χ3v) is 7.13. The van der Waals surface area contributed by atoms with E-state index in [-0.39, 0.29) is 0 Å². The molecule has 1 aliphatic heterocycles. The number of hydrogen-bond donors (Lipinski definition) is 2. The zero-order valence-corrected chi connectivity index (χ0v) is 19.3. The zero-order valence-electron chi connectivity index (χ0n) is 18.5. The van der Waals surface area contributed by atoms with Crippen molar-refractivity contribution in [1.29, 1.82) is 0 Å². The molecule has 0 bridgehead atoms. The van der Waals surface area contributed by atoms with Crippen LogP contribution in [0.5, 0.6) is 0 Å². The zero-order chi connectivity index (χ0) is 22.2. The molecule has 7 nitrogen and oxygen atoms in total. The van der Waals surface area contributed by atoms with Crippen LogP contribution >= 0.6 is 11.3 Å². The molecule has 0 unspecified atom stereocenters. The van der Waals surface area contributed by atoms with E-state index in [0.717, 1.165) is 64.6 Å². The fraction of sp³-hybridized carbons (Fsp3) is 0.240. The molecule has 3 aromatic heterocycles. The number of benzene rings is 2. The number of thiophene rings is 1. The second-order valence-corrected chi connectivity index (χ2v) is 9.47. The first-order valence-electron chi connectivity index (χ1n) is 11.2. The van der Waals surface area contributed by atoms with E-state index in [1.165, 1.54) is 11.3 Å². The number of nitrogens with one attached hydrogen (secondary N) is 2. The second-order valence-electron chi connectivity index (χ2n) is 8.55. The first kappa shape index (κ1) is 20.1. The normalized spacial score (nSPS) is 14.9. The van der Waals surface area contributed by atoms with Crippen LogP contribution in [-0.2, 0) is 6.42 Å². The lowest BCUT2D eigenvalue weighted by Gasteiger charge is -2.34. The summed E-state index contributed by atoms with van der Waals surface area (Å²) in [5.74, 6) is 1.67. The van der Waals surface area contributed by atoms with Crippen LogP contribution in [0, 0.1) is 0 Å².